The number of benzene rings is 1. The molecule has 0 saturated heterocycles. The Bertz CT molecular complexity index is 1420. The van der Waals surface area contributed by atoms with Gasteiger partial charge in [0.1, 0.15) is 21.2 Å². The van der Waals surface area contributed by atoms with E-state index >= 15 is 0 Å². The summed E-state index contributed by atoms with van der Waals surface area (Å²) in [6.07, 6.45) is -5.75. The zero-order valence-corrected chi connectivity index (χ0v) is 24.9. The number of nitrogens with one attached hydrogen (secondary N) is 1. The lowest BCUT2D eigenvalue weighted by molar-refractivity contribution is -0.211. The zero-order valence-electron chi connectivity index (χ0n) is 23.3. The molecule has 42 heavy (non-hydrogen) atoms. The van der Waals surface area contributed by atoms with Gasteiger partial charge in [-0.25, -0.2) is 8.42 Å². The molecule has 236 valence electrons. The molecule has 3 N–H and O–H groups in total. The van der Waals surface area contributed by atoms with Crippen molar-refractivity contribution in [1.29, 1.82) is 0 Å². The minimum absolute atomic E-state index is 0.00555. The number of carbonyl (C=O) groups is 1. The van der Waals surface area contributed by atoms with Crippen LogP contribution < -0.4 is 10.1 Å². The standard InChI is InChI=1S/C26H33ClF5N3O6S/c1-5-35-21(16-7-6-14(10-17(16)41-23(28)29)12-24(2,3)26(30,31)32)19(27)20(34-35)22(37)33-13-25(38)9-8-15(11-18(25)36)42(4,39)40/h6-7,10,15,18,23,36,38H,5,8-9,11-13H2,1-4H3,(H,33,37)/t15?,18-,25-/m1/s1. The average Bonchev–Trinajstić information content (AvgIpc) is 3.18. The van der Waals surface area contributed by atoms with Crippen molar-refractivity contribution in [2.75, 3.05) is 12.8 Å². The van der Waals surface area contributed by atoms with Crippen LogP contribution in [0.25, 0.3) is 11.3 Å². The number of halogens is 6. The van der Waals surface area contributed by atoms with Crippen molar-refractivity contribution in [3.63, 3.8) is 0 Å². The lowest BCUT2D eigenvalue weighted by Crippen LogP contribution is -2.56. The van der Waals surface area contributed by atoms with Crippen LogP contribution >= 0.6 is 11.6 Å². The monoisotopic (exact) mass is 645 g/mol. The van der Waals surface area contributed by atoms with Gasteiger partial charge in [-0.05, 0) is 50.3 Å². The van der Waals surface area contributed by atoms with Gasteiger partial charge < -0.3 is 20.3 Å². The summed E-state index contributed by atoms with van der Waals surface area (Å²) in [6, 6.07) is 3.63. The van der Waals surface area contributed by atoms with E-state index in [0.717, 1.165) is 26.2 Å². The quantitative estimate of drug-likeness (QED) is 0.327. The number of aliphatic hydroxyl groups excluding tert-OH is 1. The van der Waals surface area contributed by atoms with Crippen LogP contribution in [0.3, 0.4) is 0 Å². The molecule has 1 unspecified atom stereocenters. The third kappa shape index (κ3) is 7.34. The van der Waals surface area contributed by atoms with Crippen LogP contribution in [-0.4, -0.2) is 76.9 Å². The van der Waals surface area contributed by atoms with E-state index in [0.29, 0.717) is 0 Å². The van der Waals surface area contributed by atoms with Crippen molar-refractivity contribution < 1.29 is 50.1 Å². The van der Waals surface area contributed by atoms with Gasteiger partial charge >= 0.3 is 12.8 Å². The molecule has 0 bridgehead atoms. The lowest BCUT2D eigenvalue weighted by atomic mass is 9.82. The summed E-state index contributed by atoms with van der Waals surface area (Å²) >= 11 is 6.49. The van der Waals surface area contributed by atoms with Crippen molar-refractivity contribution in [1.82, 2.24) is 15.1 Å². The van der Waals surface area contributed by atoms with E-state index in [-0.39, 0.29) is 53.3 Å². The van der Waals surface area contributed by atoms with Crippen molar-refractivity contribution >= 4 is 27.3 Å². The number of nitrogens with zero attached hydrogens (tertiary/aromatic N) is 2. The van der Waals surface area contributed by atoms with Gasteiger partial charge in [0.2, 0.25) is 0 Å². The Labute approximate surface area is 244 Å². The van der Waals surface area contributed by atoms with Crippen molar-refractivity contribution in [3.8, 4) is 17.0 Å². The Balaban J connectivity index is 1.91. The number of hydrogen-bond donors (Lipinski definition) is 3. The Hall–Kier alpha value is -2.49. The summed E-state index contributed by atoms with van der Waals surface area (Å²) in [5, 5.41) is 26.8. The van der Waals surface area contributed by atoms with E-state index in [9.17, 15) is 45.4 Å². The number of aryl methyl sites for hydroxylation is 1. The zero-order chi connectivity index (χ0) is 31.8. The molecule has 1 amide bonds. The van der Waals surface area contributed by atoms with Gasteiger partial charge in [-0.2, -0.15) is 27.1 Å². The van der Waals surface area contributed by atoms with Crippen LogP contribution in [0.2, 0.25) is 5.02 Å². The van der Waals surface area contributed by atoms with E-state index < -0.39 is 69.6 Å². The molecule has 3 atom stereocenters. The van der Waals surface area contributed by atoms with Gasteiger partial charge in [-0.1, -0.05) is 31.5 Å². The second kappa shape index (κ2) is 12.2. The minimum atomic E-state index is -4.56. The predicted octanol–water partition coefficient (Wildman–Crippen LogP) is 4.37. The van der Waals surface area contributed by atoms with Crippen LogP contribution in [0.5, 0.6) is 5.75 Å². The smallest absolute Gasteiger partial charge is 0.394 e. The predicted molar refractivity (Wildman–Crippen MR) is 144 cm³/mol. The first-order valence-corrected chi connectivity index (χ1v) is 15.3. The molecule has 1 aliphatic rings. The van der Waals surface area contributed by atoms with Crippen LogP contribution in [0, 0.1) is 5.41 Å². The highest BCUT2D eigenvalue weighted by atomic mass is 35.5. The maximum Gasteiger partial charge on any atom is 0.394 e. The Morgan fingerprint density at radius 1 is 1.31 bits per heavy atom. The normalized spacial score (nSPS) is 21.9. The molecular formula is C26H33ClF5N3O6S. The molecular weight excluding hydrogens is 613 g/mol. The molecule has 1 heterocycles. The fourth-order valence-electron chi connectivity index (χ4n) is 4.82. The molecule has 3 rings (SSSR count). The number of sulfone groups is 1. The van der Waals surface area contributed by atoms with E-state index in [1.54, 1.807) is 6.92 Å². The van der Waals surface area contributed by atoms with Crippen LogP contribution in [-0.2, 0) is 22.8 Å². The van der Waals surface area contributed by atoms with Crippen molar-refractivity contribution in [2.24, 2.45) is 5.41 Å². The topological polar surface area (TPSA) is 131 Å². The molecule has 0 radical (unpaired) electrons. The van der Waals surface area contributed by atoms with E-state index in [2.05, 4.69) is 15.2 Å². The number of aliphatic hydroxyl groups is 2. The lowest BCUT2D eigenvalue weighted by Gasteiger charge is -2.39. The fraction of sp³-hybridized carbons (Fsp3) is 0.615. The third-order valence-electron chi connectivity index (χ3n) is 7.51. The molecule has 1 saturated carbocycles. The number of rotatable bonds is 10. The number of ether oxygens (including phenoxy) is 1. The first-order chi connectivity index (χ1) is 19.2. The first kappa shape index (κ1) is 34.0. The molecule has 1 aromatic carbocycles. The summed E-state index contributed by atoms with van der Waals surface area (Å²) in [4.78, 5) is 13.0. The summed E-state index contributed by atoms with van der Waals surface area (Å²) in [5.41, 5.74) is -4.30. The van der Waals surface area contributed by atoms with Gasteiger partial charge in [0.25, 0.3) is 5.91 Å². The fourth-order valence-corrected chi connectivity index (χ4v) is 6.22. The first-order valence-electron chi connectivity index (χ1n) is 13.0. The summed E-state index contributed by atoms with van der Waals surface area (Å²) in [5.74, 6) is -1.34. The second-order valence-electron chi connectivity index (χ2n) is 11.1. The maximum atomic E-state index is 13.4. The highest BCUT2D eigenvalue weighted by molar-refractivity contribution is 7.91. The Kier molecular flexibility index (Phi) is 9.92. The van der Waals surface area contributed by atoms with E-state index in [4.69, 9.17) is 11.6 Å². The number of hydrogen-bond acceptors (Lipinski definition) is 7. The van der Waals surface area contributed by atoms with Gasteiger partial charge in [0, 0.05) is 24.9 Å². The van der Waals surface area contributed by atoms with E-state index in [1.165, 1.54) is 16.8 Å². The van der Waals surface area contributed by atoms with Crippen LogP contribution in [0.1, 0.15) is 56.1 Å². The van der Waals surface area contributed by atoms with Crippen molar-refractivity contribution in [2.45, 2.75) is 82.7 Å². The molecule has 1 aromatic heterocycles. The van der Waals surface area contributed by atoms with Crippen molar-refractivity contribution in [3.05, 3.63) is 34.5 Å². The highest BCUT2D eigenvalue weighted by Gasteiger charge is 2.47. The third-order valence-corrected chi connectivity index (χ3v) is 9.50. The number of aromatic nitrogens is 2. The molecule has 0 aliphatic heterocycles. The Morgan fingerprint density at radius 3 is 2.48 bits per heavy atom. The molecule has 0 spiro atoms. The Morgan fingerprint density at radius 2 is 1.95 bits per heavy atom. The highest BCUT2D eigenvalue weighted by Crippen LogP contribution is 2.43. The minimum Gasteiger partial charge on any atom is -0.434 e. The number of alkyl halides is 5. The molecule has 9 nitrogen and oxygen atoms in total. The van der Waals surface area contributed by atoms with E-state index in [1.807, 2.05) is 0 Å². The molecule has 2 aromatic rings. The summed E-state index contributed by atoms with van der Waals surface area (Å²) in [7, 11) is -3.45. The van der Waals surface area contributed by atoms with Gasteiger partial charge in [-0.3, -0.25) is 9.48 Å². The molecule has 1 fully saturated rings. The van der Waals surface area contributed by atoms with Gasteiger partial charge in [0.15, 0.2) is 5.69 Å². The molecule has 16 heteroatoms. The average molecular weight is 646 g/mol. The second-order valence-corrected chi connectivity index (χ2v) is 13.8. The summed E-state index contributed by atoms with van der Waals surface area (Å²) < 4.78 is 96.4. The van der Waals surface area contributed by atoms with Gasteiger partial charge in [0.05, 0.1) is 27.5 Å². The largest absolute Gasteiger partial charge is 0.434 e. The van der Waals surface area contributed by atoms with Crippen LogP contribution in [0.4, 0.5) is 22.0 Å². The van der Waals surface area contributed by atoms with Crippen LogP contribution in [0.15, 0.2) is 18.2 Å². The summed E-state index contributed by atoms with van der Waals surface area (Å²) in [6.45, 7) is -0.0854. The van der Waals surface area contributed by atoms with Gasteiger partial charge in [-0.15, -0.1) is 0 Å². The molecule has 1 aliphatic carbocycles. The SMILES string of the molecule is CCn1nc(C(=O)NC[C@]2(O)CCC(S(C)(=O)=O)C[C@H]2O)c(Cl)c1-c1ccc(CC(C)(C)C(F)(F)F)cc1OC(F)F. The number of carbonyl (C=O) groups excluding carboxylic acids is 1. The maximum absolute atomic E-state index is 13.4. The number of amides is 1.